The van der Waals surface area contributed by atoms with Crippen LogP contribution in [0.15, 0.2) is 0 Å². The van der Waals surface area contributed by atoms with Gasteiger partial charge in [-0.1, -0.05) is 0 Å². The number of nitrogens with one attached hydrogen (secondary N) is 1. The van der Waals surface area contributed by atoms with Crippen molar-refractivity contribution in [2.24, 2.45) is 0 Å². The van der Waals surface area contributed by atoms with E-state index in [0.717, 1.165) is 4.90 Å². The van der Waals surface area contributed by atoms with Crippen molar-refractivity contribution in [1.29, 1.82) is 0 Å². The number of thiocarbonyl (C=S) groups is 1. The van der Waals surface area contributed by atoms with E-state index in [9.17, 15) is 35.7 Å². The zero-order chi connectivity index (χ0) is 20.5. The van der Waals surface area contributed by atoms with Crippen LogP contribution in [0.5, 0.6) is 0 Å². The van der Waals surface area contributed by atoms with Crippen molar-refractivity contribution < 1.29 is 50.3 Å². The number of hydrogen-bond acceptors (Lipinski definition) is 11. The number of rotatable bonds is 7. The van der Waals surface area contributed by atoms with Crippen molar-refractivity contribution in [3.63, 3.8) is 0 Å². The Bertz CT molecular complexity index is 514. The molecule has 2 heterocycles. The molecule has 2 fully saturated rings. The van der Waals surface area contributed by atoms with Gasteiger partial charge >= 0.3 is 0 Å². The van der Waals surface area contributed by atoms with E-state index in [2.05, 4.69) is 5.32 Å². The van der Waals surface area contributed by atoms with Crippen molar-refractivity contribution in [3.8, 4) is 0 Å². The van der Waals surface area contributed by atoms with Gasteiger partial charge in [0.2, 0.25) is 0 Å². The molecule has 158 valence electrons. The average molecular weight is 414 g/mol. The lowest BCUT2D eigenvalue weighted by Gasteiger charge is -2.46. The van der Waals surface area contributed by atoms with Crippen LogP contribution in [0.3, 0.4) is 0 Å². The van der Waals surface area contributed by atoms with Gasteiger partial charge in [0.25, 0.3) is 0 Å². The number of ether oxygens (including phenoxy) is 2. The molecule has 2 rings (SSSR count). The quantitative estimate of drug-likeness (QED) is 0.179. The summed E-state index contributed by atoms with van der Waals surface area (Å²) in [6.45, 7) is -1.40. The van der Waals surface area contributed by atoms with Crippen LogP contribution in [0.25, 0.3) is 0 Å². The monoisotopic (exact) mass is 414 g/mol. The van der Waals surface area contributed by atoms with E-state index in [-0.39, 0.29) is 5.11 Å². The van der Waals surface area contributed by atoms with Gasteiger partial charge in [0.05, 0.1) is 13.2 Å². The summed E-state index contributed by atoms with van der Waals surface area (Å²) in [5.41, 5.74) is 0. The van der Waals surface area contributed by atoms with Gasteiger partial charge in [0, 0.05) is 7.11 Å². The van der Waals surface area contributed by atoms with Crippen LogP contribution >= 0.6 is 12.2 Å². The van der Waals surface area contributed by atoms with Gasteiger partial charge in [-0.15, -0.1) is 0 Å². The van der Waals surface area contributed by atoms with Crippen LogP contribution < -0.4 is 5.32 Å². The Labute approximate surface area is 160 Å². The van der Waals surface area contributed by atoms with Crippen LogP contribution in [-0.2, 0) is 9.47 Å². The summed E-state index contributed by atoms with van der Waals surface area (Å²) in [6, 6.07) is -2.49. The fraction of sp³-hybridized carbons (Fsp3) is 0.929. The van der Waals surface area contributed by atoms with E-state index in [0.29, 0.717) is 0 Å². The van der Waals surface area contributed by atoms with Crippen LogP contribution in [0.1, 0.15) is 0 Å². The van der Waals surface area contributed by atoms with Crippen LogP contribution in [0.2, 0.25) is 0 Å². The van der Waals surface area contributed by atoms with Gasteiger partial charge in [-0.3, -0.25) is 0 Å². The largest absolute Gasteiger partial charge is 0.394 e. The Morgan fingerprint density at radius 2 is 1.81 bits per heavy atom. The van der Waals surface area contributed by atoms with Crippen molar-refractivity contribution >= 4 is 17.3 Å². The first-order chi connectivity index (χ1) is 12.7. The van der Waals surface area contributed by atoms with Crippen molar-refractivity contribution in [2.75, 3.05) is 20.3 Å². The first kappa shape index (κ1) is 22.6. The molecular weight excluding hydrogens is 388 g/mol. The Hall–Kier alpha value is -0.710. The third-order valence-electron chi connectivity index (χ3n) is 4.83. The maximum atomic E-state index is 10.6. The Morgan fingerprint density at radius 1 is 1.19 bits per heavy atom. The van der Waals surface area contributed by atoms with E-state index in [1.165, 1.54) is 7.11 Å². The lowest BCUT2D eigenvalue weighted by Crippen LogP contribution is -2.66. The minimum atomic E-state index is -1.79. The highest BCUT2D eigenvalue weighted by atomic mass is 32.1. The molecule has 0 radical (unpaired) electrons. The van der Waals surface area contributed by atoms with Gasteiger partial charge < -0.3 is 60.5 Å². The summed E-state index contributed by atoms with van der Waals surface area (Å²) in [6.07, 6.45) is -12.1. The van der Waals surface area contributed by atoms with E-state index in [4.69, 9.17) is 26.8 Å². The summed E-state index contributed by atoms with van der Waals surface area (Å²) in [5.74, 6) is 0. The topological polar surface area (TPSA) is 196 Å². The molecule has 0 aromatic carbocycles. The predicted molar refractivity (Wildman–Crippen MR) is 91.0 cm³/mol. The van der Waals surface area contributed by atoms with Crippen LogP contribution in [-0.4, -0.2) is 132 Å². The highest BCUT2D eigenvalue weighted by molar-refractivity contribution is 7.80. The zero-order valence-electron chi connectivity index (χ0n) is 14.4. The maximum absolute atomic E-state index is 10.6. The molecule has 2 saturated heterocycles. The highest BCUT2D eigenvalue weighted by Crippen LogP contribution is 2.30. The Morgan fingerprint density at radius 3 is 2.33 bits per heavy atom. The molecule has 0 saturated carbocycles. The second-order valence-corrected chi connectivity index (χ2v) is 6.85. The minimum Gasteiger partial charge on any atom is -0.394 e. The molecule has 0 aliphatic carbocycles. The maximum Gasteiger partial charge on any atom is 0.180 e. The molecule has 0 bridgehead atoms. The predicted octanol–water partition coefficient (Wildman–Crippen LogP) is -5.61. The third kappa shape index (κ3) is 4.18. The molecule has 2 aliphatic rings. The summed E-state index contributed by atoms with van der Waals surface area (Å²) in [7, 11) is 1.25. The van der Waals surface area contributed by atoms with Gasteiger partial charge in [-0.25, -0.2) is 0 Å². The fourth-order valence-electron chi connectivity index (χ4n) is 3.26. The number of methoxy groups -OCH3 is 1. The Balaban J connectivity index is 2.23. The summed E-state index contributed by atoms with van der Waals surface area (Å²) < 4.78 is 10.5. The number of hydrogen-bond donors (Lipinski definition) is 9. The van der Waals surface area contributed by atoms with E-state index < -0.39 is 74.4 Å². The van der Waals surface area contributed by atoms with Gasteiger partial charge in [0.1, 0.15) is 48.7 Å². The number of nitrogens with zero attached hydrogens (tertiary/aromatic N) is 1. The van der Waals surface area contributed by atoms with Gasteiger partial charge in [-0.05, 0) is 12.2 Å². The molecule has 0 aromatic heterocycles. The van der Waals surface area contributed by atoms with Crippen LogP contribution in [0, 0.1) is 0 Å². The normalized spacial score (nSPS) is 40.6. The fourth-order valence-corrected chi connectivity index (χ4v) is 3.63. The van der Waals surface area contributed by atoms with E-state index in [1.54, 1.807) is 0 Å². The molecular formula is C14H26N2O10S. The molecule has 13 heteroatoms. The molecule has 9 N–H and O–H groups in total. The zero-order valence-corrected chi connectivity index (χ0v) is 15.3. The average Bonchev–Trinajstić information content (AvgIpc) is 2.96. The van der Waals surface area contributed by atoms with Crippen molar-refractivity contribution in [1.82, 2.24) is 10.2 Å². The first-order valence-electron chi connectivity index (χ1n) is 8.26. The number of aliphatic hydroxyl groups is 8. The molecule has 2 aliphatic heterocycles. The molecule has 0 amide bonds. The second kappa shape index (κ2) is 9.19. The van der Waals surface area contributed by atoms with E-state index in [1.807, 2.05) is 0 Å². The highest BCUT2D eigenvalue weighted by Gasteiger charge is 2.54. The molecule has 10 atom stereocenters. The van der Waals surface area contributed by atoms with Gasteiger partial charge in [0.15, 0.2) is 17.6 Å². The minimum absolute atomic E-state index is 0.137. The SMILES string of the molecule is CO[C@H]1O[C@H](CO)[C@@H](O)[C@H](O)[C@H]1N1C(=S)N[C@H]([C@@H](O)[C@H](O)[C@H](O)CO)[C@H]1O. The summed E-state index contributed by atoms with van der Waals surface area (Å²) in [4.78, 5) is 1.04. The molecule has 0 unspecified atom stereocenters. The van der Waals surface area contributed by atoms with Crippen molar-refractivity contribution in [3.05, 3.63) is 0 Å². The molecule has 0 aromatic rings. The first-order valence-corrected chi connectivity index (χ1v) is 8.67. The van der Waals surface area contributed by atoms with Crippen LogP contribution in [0.4, 0.5) is 0 Å². The summed E-state index contributed by atoms with van der Waals surface area (Å²) >= 11 is 5.12. The smallest absolute Gasteiger partial charge is 0.180 e. The summed E-state index contributed by atoms with van der Waals surface area (Å²) in [5, 5.41) is 81.3. The van der Waals surface area contributed by atoms with Crippen molar-refractivity contribution in [2.45, 2.75) is 61.2 Å². The lowest BCUT2D eigenvalue weighted by atomic mass is 9.94. The third-order valence-corrected chi connectivity index (χ3v) is 5.16. The Kier molecular flexibility index (Phi) is 7.69. The standard InChI is InChI=1S/C14H26N2O10S/c1-25-13-7(11(23)9(21)5(3-18)26-13)16-12(24)6(15-14(16)27)10(22)8(20)4(19)2-17/h4-13,17-24H,2-3H2,1H3,(H,15,27)/t4-,5-,6-,7-,8-,9-,10-,11-,12-,13+/m1/s1. The molecule has 12 nitrogen and oxygen atoms in total. The molecule has 0 spiro atoms. The van der Waals surface area contributed by atoms with E-state index >= 15 is 0 Å². The van der Waals surface area contributed by atoms with Gasteiger partial charge in [-0.2, -0.15) is 0 Å². The number of aliphatic hydroxyl groups excluding tert-OH is 8. The second-order valence-electron chi connectivity index (χ2n) is 6.46. The molecule has 27 heavy (non-hydrogen) atoms. The lowest BCUT2D eigenvalue weighted by molar-refractivity contribution is -0.281.